The van der Waals surface area contributed by atoms with Gasteiger partial charge in [-0.1, -0.05) is 127 Å². The number of rotatable bonds is 2. The average molecular weight is 461 g/mol. The Bertz CT molecular complexity index is 912. The maximum Gasteiger partial charge on any atom is 0.125 e. The van der Waals surface area contributed by atoms with E-state index in [4.69, 9.17) is 0 Å². The number of aryl methyl sites for hydroxylation is 4. The second kappa shape index (κ2) is 8.40. The monoisotopic (exact) mass is 460 g/mol. The summed E-state index contributed by atoms with van der Waals surface area (Å²) in [7, 11) is -1.81. The van der Waals surface area contributed by atoms with Crippen LogP contribution in [-0.2, 0) is 10.8 Å². The van der Waals surface area contributed by atoms with E-state index in [-0.39, 0.29) is 10.8 Å². The summed E-state index contributed by atoms with van der Waals surface area (Å²) in [6.45, 7) is 23.9. The van der Waals surface area contributed by atoms with Crippen LogP contribution >= 0.6 is 0 Å². The van der Waals surface area contributed by atoms with Gasteiger partial charge >= 0.3 is 0 Å². The molecule has 2 aromatic carbocycles. The minimum Gasteiger partial charge on any atom is -0.0561 e. The van der Waals surface area contributed by atoms with Crippen molar-refractivity contribution in [3.8, 4) is 0 Å². The maximum atomic E-state index is 2.55. The van der Waals surface area contributed by atoms with E-state index in [2.05, 4.69) is 93.5 Å². The van der Waals surface area contributed by atoms with Gasteiger partial charge in [-0.25, -0.2) is 0 Å². The summed E-state index contributed by atoms with van der Waals surface area (Å²) in [6, 6.07) is 10.2. The normalized spacial score (nSPS) is 23.0. The Hall–Kier alpha value is -1.34. The van der Waals surface area contributed by atoms with Crippen molar-refractivity contribution in [3.05, 3.63) is 57.6 Å². The number of hydrogen-bond donors (Lipinski definition) is 0. The van der Waals surface area contributed by atoms with Crippen molar-refractivity contribution < 1.29 is 0 Å². The van der Waals surface area contributed by atoms with Crippen molar-refractivity contribution in [2.24, 2.45) is 0 Å². The molecule has 1 saturated heterocycles. The highest BCUT2D eigenvalue weighted by molar-refractivity contribution is 7.13. The van der Waals surface area contributed by atoms with Gasteiger partial charge in [0, 0.05) is 0 Å². The SMILES string of the molecule is Cc1cc(C(C)(C)C)cc(C)c1[Si]1(c2c(C)cc(C(C)(C)C)cc2C)C2CCCCCCC21. The van der Waals surface area contributed by atoms with Gasteiger partial charge in [0.1, 0.15) is 8.07 Å². The van der Waals surface area contributed by atoms with E-state index in [1.807, 2.05) is 10.4 Å². The van der Waals surface area contributed by atoms with Crippen LogP contribution in [0.15, 0.2) is 24.3 Å². The third kappa shape index (κ3) is 4.17. The molecular formula is C32H48Si. The minimum absolute atomic E-state index is 0.203. The molecule has 0 N–H and O–H groups in total. The Labute approximate surface area is 205 Å². The van der Waals surface area contributed by atoms with Crippen molar-refractivity contribution >= 4 is 18.4 Å². The first-order valence-corrected chi connectivity index (χ1v) is 15.7. The minimum atomic E-state index is -1.81. The lowest BCUT2D eigenvalue weighted by atomic mass is 9.85. The molecule has 0 amide bonds. The summed E-state index contributed by atoms with van der Waals surface area (Å²) in [6.07, 6.45) is 8.66. The van der Waals surface area contributed by atoms with Crippen molar-refractivity contribution in [2.75, 3.05) is 0 Å². The molecule has 1 aliphatic carbocycles. The predicted molar refractivity (Wildman–Crippen MR) is 149 cm³/mol. The van der Waals surface area contributed by atoms with Gasteiger partial charge in [0.05, 0.1) is 0 Å². The molecule has 2 unspecified atom stereocenters. The van der Waals surface area contributed by atoms with Crippen LogP contribution in [0.5, 0.6) is 0 Å². The van der Waals surface area contributed by atoms with Gasteiger partial charge in [-0.05, 0) is 71.1 Å². The molecule has 180 valence electrons. The predicted octanol–water partition coefficient (Wildman–Crippen LogP) is 8.19. The van der Waals surface area contributed by atoms with Gasteiger partial charge in [0.2, 0.25) is 0 Å². The average Bonchev–Trinajstić information content (AvgIpc) is 3.23. The van der Waals surface area contributed by atoms with Crippen molar-refractivity contribution in [1.82, 2.24) is 0 Å². The van der Waals surface area contributed by atoms with Crippen molar-refractivity contribution in [3.63, 3.8) is 0 Å². The van der Waals surface area contributed by atoms with Crippen LogP contribution in [0.2, 0.25) is 11.1 Å². The van der Waals surface area contributed by atoms with Crippen LogP contribution in [0.3, 0.4) is 0 Å². The van der Waals surface area contributed by atoms with Crippen molar-refractivity contribution in [1.29, 1.82) is 0 Å². The zero-order chi connectivity index (χ0) is 24.3. The summed E-state index contributed by atoms with van der Waals surface area (Å²) < 4.78 is 0. The summed E-state index contributed by atoms with van der Waals surface area (Å²) >= 11 is 0. The highest BCUT2D eigenvalue weighted by atomic mass is 28.3. The topological polar surface area (TPSA) is 0 Å². The smallest absolute Gasteiger partial charge is 0.0561 e. The fourth-order valence-electron chi connectivity index (χ4n) is 7.44. The molecule has 1 saturated carbocycles. The number of benzene rings is 2. The molecule has 33 heavy (non-hydrogen) atoms. The van der Waals surface area contributed by atoms with Crippen LogP contribution in [-0.4, -0.2) is 8.07 Å². The number of hydrogen-bond acceptors (Lipinski definition) is 0. The van der Waals surface area contributed by atoms with Gasteiger partial charge in [0.25, 0.3) is 0 Å². The first kappa shape index (κ1) is 24.8. The first-order chi connectivity index (χ1) is 15.3. The lowest BCUT2D eigenvalue weighted by molar-refractivity contribution is 0.544. The van der Waals surface area contributed by atoms with Crippen molar-refractivity contribution in [2.45, 2.75) is 130 Å². The zero-order valence-corrected chi connectivity index (χ0v) is 24.2. The van der Waals surface area contributed by atoms with Gasteiger partial charge in [-0.15, -0.1) is 0 Å². The Morgan fingerprint density at radius 3 is 1.12 bits per heavy atom. The Balaban J connectivity index is 1.98. The second-order valence-electron chi connectivity index (χ2n) is 13.5. The molecule has 0 spiro atoms. The Morgan fingerprint density at radius 1 is 0.545 bits per heavy atom. The summed E-state index contributed by atoms with van der Waals surface area (Å²) in [5.41, 5.74) is 11.6. The molecule has 0 radical (unpaired) electrons. The quantitative estimate of drug-likeness (QED) is 0.396. The molecular weight excluding hydrogens is 412 g/mol. The molecule has 2 aromatic rings. The third-order valence-electron chi connectivity index (χ3n) is 8.95. The van der Waals surface area contributed by atoms with Crippen LogP contribution in [0, 0.1) is 27.7 Å². The second-order valence-corrected chi connectivity index (χ2v) is 17.8. The van der Waals surface area contributed by atoms with E-state index in [1.54, 1.807) is 22.3 Å². The molecule has 2 atom stereocenters. The summed E-state index contributed by atoms with van der Waals surface area (Å²) in [5.74, 6) is 0. The zero-order valence-electron chi connectivity index (χ0n) is 23.2. The van der Waals surface area contributed by atoms with Gasteiger partial charge in [0.15, 0.2) is 0 Å². The molecule has 1 heterocycles. The summed E-state index contributed by atoms with van der Waals surface area (Å²) in [4.78, 5) is 0. The molecule has 1 heteroatoms. The van der Waals surface area contributed by atoms with E-state index < -0.39 is 8.07 Å². The molecule has 0 nitrogen and oxygen atoms in total. The standard InChI is InChI=1S/C32H48Si/c1-21-17-25(31(5,6)7)18-22(2)29(21)33(27-15-13-11-12-14-16-28(27)33)30-23(3)19-26(20-24(30)4)32(8,9)10/h17-20,27-28H,11-16H2,1-10H3. The molecule has 1 aliphatic heterocycles. The maximum absolute atomic E-state index is 2.55. The Morgan fingerprint density at radius 2 is 0.848 bits per heavy atom. The molecule has 0 aromatic heterocycles. The van der Waals surface area contributed by atoms with E-state index in [0.29, 0.717) is 0 Å². The van der Waals surface area contributed by atoms with Crippen LogP contribution in [0.1, 0.15) is 113 Å². The van der Waals surface area contributed by atoms with E-state index in [1.165, 1.54) is 49.7 Å². The van der Waals surface area contributed by atoms with Crippen LogP contribution in [0.4, 0.5) is 0 Å². The molecule has 4 rings (SSSR count). The molecule has 0 bridgehead atoms. The van der Waals surface area contributed by atoms with E-state index in [9.17, 15) is 0 Å². The molecule has 2 aliphatic rings. The van der Waals surface area contributed by atoms with Gasteiger partial charge < -0.3 is 0 Å². The fraction of sp³-hybridized carbons (Fsp3) is 0.625. The number of fused-ring (bicyclic) bond motifs is 1. The lowest BCUT2D eigenvalue weighted by Gasteiger charge is -2.31. The highest BCUT2D eigenvalue weighted by Crippen LogP contribution is 2.65. The van der Waals surface area contributed by atoms with Crippen LogP contribution < -0.4 is 10.4 Å². The third-order valence-corrected chi connectivity index (χ3v) is 15.5. The van der Waals surface area contributed by atoms with E-state index in [0.717, 1.165) is 11.1 Å². The Kier molecular flexibility index (Phi) is 6.31. The largest absolute Gasteiger partial charge is 0.125 e. The fourth-order valence-corrected chi connectivity index (χ4v) is 15.3. The highest BCUT2D eigenvalue weighted by Gasteiger charge is 2.68. The first-order valence-electron chi connectivity index (χ1n) is 13.5. The lowest BCUT2D eigenvalue weighted by Crippen LogP contribution is -2.53. The van der Waals surface area contributed by atoms with Gasteiger partial charge in [-0.2, -0.15) is 0 Å². The van der Waals surface area contributed by atoms with Gasteiger partial charge in [-0.3, -0.25) is 0 Å². The summed E-state index contributed by atoms with van der Waals surface area (Å²) in [5, 5.41) is 3.62. The van der Waals surface area contributed by atoms with E-state index >= 15 is 0 Å². The van der Waals surface area contributed by atoms with Crippen LogP contribution in [0.25, 0.3) is 0 Å². The molecule has 2 fully saturated rings.